The molecule has 0 saturated carbocycles. The Balaban J connectivity index is 2.10. The molecule has 96 valence electrons. The first kappa shape index (κ1) is 11.8. The summed E-state index contributed by atoms with van der Waals surface area (Å²) in [5.41, 5.74) is 3.47. The van der Waals surface area contributed by atoms with E-state index >= 15 is 0 Å². The quantitative estimate of drug-likeness (QED) is 0.831. The van der Waals surface area contributed by atoms with E-state index in [-0.39, 0.29) is 12.1 Å². The first-order valence-corrected chi connectivity index (χ1v) is 6.40. The minimum atomic E-state index is -0.0742. The smallest absolute Gasteiger partial charge is 0.318 e. The Labute approximate surface area is 112 Å². The molecule has 0 aliphatic carbocycles. The van der Waals surface area contributed by atoms with E-state index in [4.69, 9.17) is 0 Å². The standard InChI is InChI=1S/C16H16N2O/c1-18-11-13-9-5-6-10-14(13)15(17-16(18)19)12-7-3-2-4-8-12/h2-10,15H,11H2,1H3,(H,17,19)/t15-/m0/s1. The minimum absolute atomic E-state index is 0.0370. The molecule has 1 heterocycles. The molecule has 0 saturated heterocycles. The number of carbonyl (C=O) groups excluding carboxylic acids is 1. The number of nitrogens with zero attached hydrogens (tertiary/aromatic N) is 1. The maximum Gasteiger partial charge on any atom is 0.318 e. The van der Waals surface area contributed by atoms with E-state index in [1.807, 2.05) is 49.5 Å². The van der Waals surface area contributed by atoms with E-state index < -0.39 is 0 Å². The van der Waals surface area contributed by atoms with Crippen LogP contribution in [0.25, 0.3) is 0 Å². The first-order chi connectivity index (χ1) is 9.25. The number of amides is 2. The van der Waals surface area contributed by atoms with Gasteiger partial charge in [0.25, 0.3) is 0 Å². The van der Waals surface area contributed by atoms with Gasteiger partial charge in [0, 0.05) is 13.6 Å². The van der Waals surface area contributed by atoms with Gasteiger partial charge in [0.05, 0.1) is 6.04 Å². The highest BCUT2D eigenvalue weighted by Gasteiger charge is 2.25. The van der Waals surface area contributed by atoms with Crippen LogP contribution in [-0.4, -0.2) is 18.0 Å². The molecule has 1 N–H and O–H groups in total. The fraction of sp³-hybridized carbons (Fsp3) is 0.188. The molecule has 2 aromatic rings. The molecule has 0 fully saturated rings. The second-order valence-corrected chi connectivity index (χ2v) is 4.85. The van der Waals surface area contributed by atoms with Gasteiger partial charge in [-0.2, -0.15) is 0 Å². The molecule has 0 radical (unpaired) electrons. The molecular formula is C16H16N2O. The summed E-state index contributed by atoms with van der Waals surface area (Å²) in [6.45, 7) is 0.644. The maximum absolute atomic E-state index is 12.1. The third-order valence-electron chi connectivity index (χ3n) is 3.52. The van der Waals surface area contributed by atoms with Gasteiger partial charge in [0.15, 0.2) is 0 Å². The molecule has 19 heavy (non-hydrogen) atoms. The van der Waals surface area contributed by atoms with Gasteiger partial charge in [0.1, 0.15) is 0 Å². The van der Waals surface area contributed by atoms with Gasteiger partial charge in [-0.3, -0.25) is 0 Å². The summed E-state index contributed by atoms with van der Waals surface area (Å²) in [6, 6.07) is 18.2. The van der Waals surface area contributed by atoms with Crippen LogP contribution in [-0.2, 0) is 6.54 Å². The highest BCUT2D eigenvalue weighted by molar-refractivity contribution is 5.76. The summed E-state index contributed by atoms with van der Waals surface area (Å²) >= 11 is 0. The fourth-order valence-electron chi connectivity index (χ4n) is 2.51. The van der Waals surface area contributed by atoms with Crippen molar-refractivity contribution in [3.8, 4) is 0 Å². The zero-order chi connectivity index (χ0) is 13.2. The van der Waals surface area contributed by atoms with Gasteiger partial charge < -0.3 is 10.2 Å². The Morgan fingerprint density at radius 2 is 1.74 bits per heavy atom. The number of rotatable bonds is 1. The van der Waals surface area contributed by atoms with Crippen molar-refractivity contribution in [3.63, 3.8) is 0 Å². The SMILES string of the molecule is CN1Cc2ccccc2[C@H](c2ccccc2)NC1=O. The highest BCUT2D eigenvalue weighted by Crippen LogP contribution is 2.28. The van der Waals surface area contributed by atoms with E-state index in [9.17, 15) is 4.79 Å². The van der Waals surface area contributed by atoms with Crippen molar-refractivity contribution in [3.05, 3.63) is 71.3 Å². The van der Waals surface area contributed by atoms with Gasteiger partial charge in [0.2, 0.25) is 0 Å². The molecule has 0 unspecified atom stereocenters. The van der Waals surface area contributed by atoms with Gasteiger partial charge in [-0.25, -0.2) is 4.79 Å². The van der Waals surface area contributed by atoms with Crippen LogP contribution in [0.5, 0.6) is 0 Å². The summed E-state index contributed by atoms with van der Waals surface area (Å²) in [7, 11) is 1.82. The number of benzene rings is 2. The van der Waals surface area contributed by atoms with Crippen molar-refractivity contribution in [2.75, 3.05) is 7.05 Å². The van der Waals surface area contributed by atoms with Gasteiger partial charge in [-0.15, -0.1) is 0 Å². The van der Waals surface area contributed by atoms with E-state index in [2.05, 4.69) is 17.4 Å². The zero-order valence-corrected chi connectivity index (χ0v) is 10.8. The van der Waals surface area contributed by atoms with E-state index in [0.29, 0.717) is 6.54 Å². The molecule has 0 bridgehead atoms. The van der Waals surface area contributed by atoms with Crippen LogP contribution >= 0.6 is 0 Å². The van der Waals surface area contributed by atoms with Crippen molar-refractivity contribution >= 4 is 6.03 Å². The second-order valence-electron chi connectivity index (χ2n) is 4.85. The molecule has 2 amide bonds. The fourth-order valence-corrected chi connectivity index (χ4v) is 2.51. The molecule has 1 aliphatic heterocycles. The Bertz CT molecular complexity index is 595. The van der Waals surface area contributed by atoms with Crippen molar-refractivity contribution in [2.24, 2.45) is 0 Å². The van der Waals surface area contributed by atoms with Crippen molar-refractivity contribution in [2.45, 2.75) is 12.6 Å². The molecule has 1 aliphatic rings. The number of hydrogen-bond donors (Lipinski definition) is 1. The van der Waals surface area contributed by atoms with Crippen molar-refractivity contribution < 1.29 is 4.79 Å². The van der Waals surface area contributed by atoms with E-state index in [1.54, 1.807) is 4.90 Å². The van der Waals surface area contributed by atoms with Crippen LogP contribution in [0.1, 0.15) is 22.7 Å². The molecule has 1 atom stereocenters. The van der Waals surface area contributed by atoms with Crippen molar-refractivity contribution in [1.82, 2.24) is 10.2 Å². The number of hydrogen-bond acceptors (Lipinski definition) is 1. The summed E-state index contributed by atoms with van der Waals surface area (Å²) in [5.74, 6) is 0. The lowest BCUT2D eigenvalue weighted by atomic mass is 9.95. The van der Waals surface area contributed by atoms with E-state index in [1.165, 1.54) is 11.1 Å². The number of urea groups is 1. The Hall–Kier alpha value is -2.29. The number of fused-ring (bicyclic) bond motifs is 1. The molecule has 2 aromatic carbocycles. The Morgan fingerprint density at radius 3 is 2.53 bits per heavy atom. The van der Waals surface area contributed by atoms with Crippen LogP contribution in [0.15, 0.2) is 54.6 Å². The molecule has 3 heteroatoms. The average molecular weight is 252 g/mol. The number of carbonyl (C=O) groups is 1. The predicted octanol–water partition coefficient (Wildman–Crippen LogP) is 2.93. The lowest BCUT2D eigenvalue weighted by Crippen LogP contribution is -2.36. The lowest BCUT2D eigenvalue weighted by molar-refractivity contribution is 0.207. The topological polar surface area (TPSA) is 32.3 Å². The summed E-state index contributed by atoms with van der Waals surface area (Å²) < 4.78 is 0. The highest BCUT2D eigenvalue weighted by atomic mass is 16.2. The molecule has 0 spiro atoms. The summed E-state index contributed by atoms with van der Waals surface area (Å²) in [6.07, 6.45) is 0. The largest absolute Gasteiger partial charge is 0.327 e. The zero-order valence-electron chi connectivity index (χ0n) is 10.8. The van der Waals surface area contributed by atoms with E-state index in [0.717, 1.165) is 5.56 Å². The Morgan fingerprint density at radius 1 is 1.05 bits per heavy atom. The predicted molar refractivity (Wildman–Crippen MR) is 74.7 cm³/mol. The first-order valence-electron chi connectivity index (χ1n) is 6.40. The third-order valence-corrected chi connectivity index (χ3v) is 3.52. The van der Waals surface area contributed by atoms with Gasteiger partial charge in [-0.05, 0) is 16.7 Å². The molecule has 0 aromatic heterocycles. The van der Waals surface area contributed by atoms with Gasteiger partial charge in [-0.1, -0.05) is 54.6 Å². The maximum atomic E-state index is 12.1. The average Bonchev–Trinajstić information content (AvgIpc) is 2.58. The van der Waals surface area contributed by atoms with Crippen LogP contribution in [0, 0.1) is 0 Å². The van der Waals surface area contributed by atoms with Crippen LogP contribution in [0.2, 0.25) is 0 Å². The third kappa shape index (κ3) is 2.19. The number of nitrogens with one attached hydrogen (secondary N) is 1. The van der Waals surface area contributed by atoms with Crippen LogP contribution in [0.3, 0.4) is 0 Å². The van der Waals surface area contributed by atoms with Crippen molar-refractivity contribution in [1.29, 1.82) is 0 Å². The summed E-state index contributed by atoms with van der Waals surface area (Å²) in [5, 5.41) is 3.09. The van der Waals surface area contributed by atoms with Gasteiger partial charge >= 0.3 is 6.03 Å². The summed E-state index contributed by atoms with van der Waals surface area (Å²) in [4.78, 5) is 13.8. The molecule has 3 nitrogen and oxygen atoms in total. The normalized spacial score (nSPS) is 18.5. The van der Waals surface area contributed by atoms with Crippen LogP contribution < -0.4 is 5.32 Å². The molecular weight excluding hydrogens is 236 g/mol. The second kappa shape index (κ2) is 4.76. The van der Waals surface area contributed by atoms with Crippen LogP contribution in [0.4, 0.5) is 4.79 Å². The minimum Gasteiger partial charge on any atom is -0.327 e. The lowest BCUT2D eigenvalue weighted by Gasteiger charge is -2.19. The Kier molecular flexibility index (Phi) is 2.95. The molecule has 3 rings (SSSR count). The monoisotopic (exact) mass is 252 g/mol.